The molecule has 238 valence electrons. The molecule has 11 heteroatoms. The number of ether oxygens (including phenoxy) is 4. The highest BCUT2D eigenvalue weighted by Gasteiger charge is 2.38. The first-order chi connectivity index (χ1) is 21.5. The van der Waals surface area contributed by atoms with Gasteiger partial charge in [-0.1, -0.05) is 24.3 Å². The Kier molecular flexibility index (Phi) is 8.41. The van der Waals surface area contributed by atoms with Gasteiger partial charge in [-0.15, -0.1) is 5.10 Å². The number of nitrogens with zero attached hydrogens (tertiary/aromatic N) is 6. The summed E-state index contributed by atoms with van der Waals surface area (Å²) in [5.74, 6) is 1.74. The molecule has 3 aliphatic rings. The Balaban J connectivity index is 1.49. The summed E-state index contributed by atoms with van der Waals surface area (Å²) in [6.45, 7) is 12.2. The van der Waals surface area contributed by atoms with Crippen LogP contribution in [0.25, 0.3) is 11.5 Å². The molecule has 0 unspecified atom stereocenters. The molecule has 0 saturated carbocycles. The predicted octanol–water partition coefficient (Wildman–Crippen LogP) is 5.17. The zero-order valence-corrected chi connectivity index (χ0v) is 26.9. The number of para-hydroxylation sites is 1. The molecule has 3 aromatic heterocycles. The molecule has 3 aliphatic heterocycles. The van der Waals surface area contributed by atoms with E-state index in [2.05, 4.69) is 23.0 Å². The first-order valence-electron chi connectivity index (χ1n) is 15.5. The second-order valence-corrected chi connectivity index (χ2v) is 12.9. The van der Waals surface area contributed by atoms with Crippen LogP contribution in [0.2, 0.25) is 0 Å². The van der Waals surface area contributed by atoms with Gasteiger partial charge in [0.05, 0.1) is 36.7 Å². The first kappa shape index (κ1) is 30.8. The summed E-state index contributed by atoms with van der Waals surface area (Å²) in [6.07, 6.45) is 9.08. The fourth-order valence-corrected chi connectivity index (χ4v) is 5.96. The number of methoxy groups -OCH3 is 1. The summed E-state index contributed by atoms with van der Waals surface area (Å²) >= 11 is 0. The van der Waals surface area contributed by atoms with E-state index in [9.17, 15) is 4.79 Å². The van der Waals surface area contributed by atoms with Crippen molar-refractivity contribution >= 4 is 17.4 Å². The van der Waals surface area contributed by atoms with Crippen molar-refractivity contribution in [2.45, 2.75) is 71.2 Å². The minimum absolute atomic E-state index is 0.305. The van der Waals surface area contributed by atoms with Crippen molar-refractivity contribution in [1.82, 2.24) is 24.4 Å². The van der Waals surface area contributed by atoms with E-state index in [1.807, 2.05) is 81.0 Å². The minimum Gasteiger partial charge on any atom is -0.489 e. The number of carbonyl (C=O) groups excluding carboxylic acids is 1. The average molecular weight is 615 g/mol. The molecule has 1 saturated heterocycles. The molecule has 0 amide bonds. The second-order valence-electron chi connectivity index (χ2n) is 12.9. The second kappa shape index (κ2) is 12.3. The zero-order chi connectivity index (χ0) is 31.8. The van der Waals surface area contributed by atoms with E-state index in [1.54, 1.807) is 4.68 Å². The fourth-order valence-electron chi connectivity index (χ4n) is 5.96. The summed E-state index contributed by atoms with van der Waals surface area (Å²) < 4.78 is 27.7. The molecule has 7 rings (SSSR count). The molecule has 11 nitrogen and oxygen atoms in total. The Morgan fingerprint density at radius 1 is 1.11 bits per heavy atom. The third kappa shape index (κ3) is 6.60. The van der Waals surface area contributed by atoms with E-state index >= 15 is 0 Å². The highest BCUT2D eigenvalue weighted by Crippen LogP contribution is 2.38. The SMILES string of the molecule is COC(=O)[C@@H](OC(C)(C)C)c1c(C)nc2cc3nn2c1N1CCC(C)(CC1)OC/C=C/COc1ccccc1Cc1cnn-3c1. The number of hydrogen-bond donors (Lipinski definition) is 0. The van der Waals surface area contributed by atoms with Crippen LogP contribution in [0.15, 0.2) is 54.9 Å². The molecule has 6 bridgehead atoms. The Labute approximate surface area is 263 Å². The number of piperidine rings is 1. The molecular weight excluding hydrogens is 572 g/mol. The Hall–Kier alpha value is -4.22. The number of fused-ring (bicyclic) bond motifs is 6. The average Bonchev–Trinajstić information content (AvgIpc) is 3.64. The molecule has 4 aromatic rings. The van der Waals surface area contributed by atoms with Crippen LogP contribution in [0.5, 0.6) is 5.75 Å². The number of anilines is 1. The maximum Gasteiger partial charge on any atom is 0.339 e. The van der Waals surface area contributed by atoms with Crippen molar-refractivity contribution in [3.63, 3.8) is 0 Å². The number of hydrogen-bond acceptors (Lipinski definition) is 9. The molecule has 0 radical (unpaired) electrons. The van der Waals surface area contributed by atoms with Crippen molar-refractivity contribution in [2.24, 2.45) is 0 Å². The van der Waals surface area contributed by atoms with Gasteiger partial charge >= 0.3 is 5.97 Å². The summed E-state index contributed by atoms with van der Waals surface area (Å²) in [5.41, 5.74) is 3.14. The van der Waals surface area contributed by atoms with Crippen LogP contribution in [0, 0.1) is 6.92 Å². The van der Waals surface area contributed by atoms with Crippen LogP contribution < -0.4 is 9.64 Å². The Morgan fingerprint density at radius 3 is 2.62 bits per heavy atom. The molecule has 6 heterocycles. The number of benzene rings is 1. The zero-order valence-electron chi connectivity index (χ0n) is 26.9. The summed E-state index contributed by atoms with van der Waals surface area (Å²) in [4.78, 5) is 20.5. The van der Waals surface area contributed by atoms with Crippen molar-refractivity contribution < 1.29 is 23.7 Å². The van der Waals surface area contributed by atoms with Gasteiger partial charge in [-0.2, -0.15) is 9.61 Å². The third-order valence-electron chi connectivity index (χ3n) is 8.33. The monoisotopic (exact) mass is 614 g/mol. The number of aryl methyl sites for hydroxylation is 1. The van der Waals surface area contributed by atoms with Gasteiger partial charge < -0.3 is 23.8 Å². The van der Waals surface area contributed by atoms with Crippen LogP contribution in [0.1, 0.15) is 69.0 Å². The van der Waals surface area contributed by atoms with Crippen molar-refractivity contribution in [1.29, 1.82) is 0 Å². The normalized spacial score (nSPS) is 18.3. The lowest BCUT2D eigenvalue weighted by atomic mass is 9.92. The highest BCUT2D eigenvalue weighted by atomic mass is 16.6. The Morgan fingerprint density at radius 2 is 1.87 bits per heavy atom. The topological polar surface area (TPSA) is 105 Å². The van der Waals surface area contributed by atoms with E-state index in [-0.39, 0.29) is 5.60 Å². The van der Waals surface area contributed by atoms with Gasteiger partial charge in [-0.3, -0.25) is 0 Å². The molecular formula is C34H42N6O5. The molecule has 0 aliphatic carbocycles. The highest BCUT2D eigenvalue weighted by molar-refractivity contribution is 5.80. The van der Waals surface area contributed by atoms with Gasteiger partial charge in [0, 0.05) is 37.5 Å². The predicted molar refractivity (Wildman–Crippen MR) is 170 cm³/mol. The fraction of sp³-hybridized carbons (Fsp3) is 0.471. The lowest BCUT2D eigenvalue weighted by molar-refractivity contribution is -0.164. The number of rotatable bonds is 3. The molecule has 0 spiro atoms. The lowest BCUT2D eigenvalue weighted by Gasteiger charge is -2.41. The van der Waals surface area contributed by atoms with Gasteiger partial charge in [0.1, 0.15) is 18.2 Å². The van der Waals surface area contributed by atoms with E-state index in [4.69, 9.17) is 29.0 Å². The van der Waals surface area contributed by atoms with Crippen LogP contribution in [-0.4, -0.2) is 75.0 Å². The summed E-state index contributed by atoms with van der Waals surface area (Å²) in [5, 5.41) is 9.67. The number of esters is 1. The van der Waals surface area contributed by atoms with E-state index in [0.717, 1.165) is 35.5 Å². The largest absolute Gasteiger partial charge is 0.489 e. The molecule has 1 fully saturated rings. The third-order valence-corrected chi connectivity index (χ3v) is 8.33. The van der Waals surface area contributed by atoms with Crippen LogP contribution in [0.4, 0.5) is 5.82 Å². The maximum absolute atomic E-state index is 13.3. The summed E-state index contributed by atoms with van der Waals surface area (Å²) in [7, 11) is 1.38. The van der Waals surface area contributed by atoms with Gasteiger partial charge in [-0.25, -0.2) is 14.5 Å². The minimum atomic E-state index is -0.992. The first-order valence-corrected chi connectivity index (χ1v) is 15.5. The quantitative estimate of drug-likeness (QED) is 0.228. The van der Waals surface area contributed by atoms with Crippen LogP contribution in [0.3, 0.4) is 0 Å². The van der Waals surface area contributed by atoms with E-state index < -0.39 is 17.7 Å². The number of aromatic nitrogens is 5. The Bertz CT molecular complexity index is 1710. The van der Waals surface area contributed by atoms with Crippen molar-refractivity contribution in [3.05, 3.63) is 77.3 Å². The van der Waals surface area contributed by atoms with Crippen LogP contribution in [-0.2, 0) is 25.4 Å². The van der Waals surface area contributed by atoms with Crippen molar-refractivity contribution in [2.75, 3.05) is 38.3 Å². The van der Waals surface area contributed by atoms with Gasteiger partial charge in [0.15, 0.2) is 17.6 Å². The van der Waals surface area contributed by atoms with Crippen LogP contribution >= 0.6 is 0 Å². The van der Waals surface area contributed by atoms with E-state index in [0.29, 0.717) is 55.4 Å². The smallest absolute Gasteiger partial charge is 0.339 e. The summed E-state index contributed by atoms with van der Waals surface area (Å²) in [6, 6.07) is 9.97. The van der Waals surface area contributed by atoms with E-state index in [1.165, 1.54) is 7.11 Å². The molecule has 1 atom stereocenters. The van der Waals surface area contributed by atoms with Gasteiger partial charge in [0.25, 0.3) is 0 Å². The van der Waals surface area contributed by atoms with Crippen molar-refractivity contribution in [3.8, 4) is 11.6 Å². The standard InChI is InChI=1S/C34H42N6O5/c1-23-29(30(32(41)42-6)45-33(2,3)4)31-38-15-13-34(5,14-16-38)44-18-10-9-17-43-26-12-8-7-11-25(26)19-24-21-35-39(22-24)28-20-27(36-23)40(31)37-28/h7-12,20-22,30H,13-19H2,1-6H3/b10-9+/t30-/m0/s1. The van der Waals surface area contributed by atoms with Gasteiger partial charge in [-0.05, 0) is 70.7 Å². The molecule has 0 N–H and O–H groups in total. The molecule has 45 heavy (non-hydrogen) atoms. The lowest BCUT2D eigenvalue weighted by Crippen LogP contribution is -2.45. The van der Waals surface area contributed by atoms with Gasteiger partial charge in [0.2, 0.25) is 0 Å². The molecule has 1 aromatic carbocycles. The number of carbonyl (C=O) groups is 1. The maximum atomic E-state index is 13.3.